The number of nitrogens with zero attached hydrogens (tertiary/aromatic N) is 2. The first kappa shape index (κ1) is 20.5. The molecule has 0 bridgehead atoms. The van der Waals surface area contributed by atoms with Crippen molar-refractivity contribution in [1.82, 2.24) is 0 Å². The Morgan fingerprint density at radius 3 is 1.93 bits per heavy atom. The van der Waals surface area contributed by atoms with E-state index in [9.17, 15) is 9.59 Å². The lowest BCUT2D eigenvalue weighted by Gasteiger charge is -2.04. The van der Waals surface area contributed by atoms with Gasteiger partial charge in [0.05, 0.1) is 11.4 Å². The van der Waals surface area contributed by atoms with E-state index in [4.69, 9.17) is 4.74 Å². The molecule has 2 aromatic rings. The second kappa shape index (κ2) is 11.0. The molecule has 0 amide bonds. The lowest BCUT2D eigenvalue weighted by Crippen LogP contribution is -2.07. The third kappa shape index (κ3) is 7.52. The van der Waals surface area contributed by atoms with Crippen molar-refractivity contribution in [3.63, 3.8) is 0 Å². The smallest absolute Gasteiger partial charge is 0.311 e. The number of carbonyl (C=O) groups is 2. The van der Waals surface area contributed by atoms with Crippen LogP contribution in [-0.4, -0.2) is 11.8 Å². The van der Waals surface area contributed by atoms with Crippen molar-refractivity contribution in [3.05, 3.63) is 54.1 Å². The molecule has 0 heterocycles. The first-order valence-electron chi connectivity index (χ1n) is 9.42. The highest BCUT2D eigenvalue weighted by Crippen LogP contribution is 2.22. The Bertz CT molecular complexity index is 765. The summed E-state index contributed by atoms with van der Waals surface area (Å²) in [5.41, 5.74) is 1.97. The molecule has 0 fully saturated rings. The minimum Gasteiger partial charge on any atom is -0.427 e. The van der Waals surface area contributed by atoms with Crippen molar-refractivity contribution in [2.75, 3.05) is 0 Å². The molecule has 2 rings (SSSR count). The number of rotatable bonds is 10. The Labute approximate surface area is 160 Å². The van der Waals surface area contributed by atoms with Gasteiger partial charge in [-0.05, 0) is 61.9 Å². The van der Waals surface area contributed by atoms with Gasteiger partial charge in [-0.25, -0.2) is 0 Å². The van der Waals surface area contributed by atoms with Gasteiger partial charge in [0.25, 0.3) is 0 Å². The molecular formula is C22H26N2O3. The van der Waals surface area contributed by atoms with Gasteiger partial charge in [0.15, 0.2) is 5.78 Å². The number of ketones is 1. The van der Waals surface area contributed by atoms with Gasteiger partial charge in [0.2, 0.25) is 0 Å². The van der Waals surface area contributed by atoms with E-state index >= 15 is 0 Å². The Morgan fingerprint density at radius 2 is 1.37 bits per heavy atom. The van der Waals surface area contributed by atoms with E-state index in [0.29, 0.717) is 29.1 Å². The predicted octanol–water partition coefficient (Wildman–Crippen LogP) is 6.57. The van der Waals surface area contributed by atoms with E-state index in [-0.39, 0.29) is 11.8 Å². The summed E-state index contributed by atoms with van der Waals surface area (Å²) in [5.74, 6) is 0.328. The molecule has 5 heteroatoms. The molecule has 5 nitrogen and oxygen atoms in total. The van der Waals surface area contributed by atoms with Gasteiger partial charge < -0.3 is 4.74 Å². The van der Waals surface area contributed by atoms with E-state index in [2.05, 4.69) is 17.2 Å². The molecule has 0 spiro atoms. The Balaban J connectivity index is 1.82. The molecule has 0 radical (unpaired) electrons. The molecule has 0 aliphatic heterocycles. The second-order valence-corrected chi connectivity index (χ2v) is 6.44. The van der Waals surface area contributed by atoms with E-state index in [1.54, 1.807) is 48.5 Å². The molecule has 0 saturated carbocycles. The fourth-order valence-corrected chi connectivity index (χ4v) is 2.51. The zero-order valence-corrected chi connectivity index (χ0v) is 16.0. The average molecular weight is 366 g/mol. The summed E-state index contributed by atoms with van der Waals surface area (Å²) in [7, 11) is 0. The SMILES string of the molecule is CCCCCCCC(=O)Oc1ccc(N=Nc2ccc(C(C)=O)cc2)cc1. The molecule has 0 aromatic heterocycles. The number of esters is 1. The highest BCUT2D eigenvalue weighted by Gasteiger charge is 2.05. The summed E-state index contributed by atoms with van der Waals surface area (Å²) in [6, 6.07) is 13.9. The number of Topliss-reactive ketones (excluding diaryl/α,β-unsaturated/α-hetero) is 1. The average Bonchev–Trinajstić information content (AvgIpc) is 2.67. The Kier molecular flexibility index (Phi) is 8.36. The summed E-state index contributed by atoms with van der Waals surface area (Å²) in [4.78, 5) is 23.1. The maximum absolute atomic E-state index is 11.8. The van der Waals surface area contributed by atoms with Crippen molar-refractivity contribution in [2.45, 2.75) is 52.4 Å². The Hall–Kier alpha value is -2.82. The van der Waals surface area contributed by atoms with Gasteiger partial charge in [-0.15, -0.1) is 0 Å². The number of carbonyl (C=O) groups excluding carboxylic acids is 2. The van der Waals surface area contributed by atoms with Gasteiger partial charge in [-0.3, -0.25) is 9.59 Å². The third-order valence-corrected chi connectivity index (χ3v) is 4.11. The molecule has 0 saturated heterocycles. The third-order valence-electron chi connectivity index (χ3n) is 4.11. The summed E-state index contributed by atoms with van der Waals surface area (Å²) in [6.07, 6.45) is 5.95. The summed E-state index contributed by atoms with van der Waals surface area (Å²) >= 11 is 0. The van der Waals surface area contributed by atoms with E-state index in [0.717, 1.165) is 12.8 Å². The largest absolute Gasteiger partial charge is 0.427 e. The van der Waals surface area contributed by atoms with Crippen molar-refractivity contribution in [3.8, 4) is 5.75 Å². The minimum atomic E-state index is -0.202. The fraction of sp³-hybridized carbons (Fsp3) is 0.364. The van der Waals surface area contributed by atoms with Crippen molar-refractivity contribution in [2.24, 2.45) is 10.2 Å². The highest BCUT2D eigenvalue weighted by atomic mass is 16.5. The van der Waals surface area contributed by atoms with Gasteiger partial charge in [0.1, 0.15) is 5.75 Å². The quantitative estimate of drug-likeness (QED) is 0.157. The van der Waals surface area contributed by atoms with Crippen molar-refractivity contribution < 1.29 is 14.3 Å². The van der Waals surface area contributed by atoms with Crippen LogP contribution >= 0.6 is 0 Å². The van der Waals surface area contributed by atoms with Crippen LogP contribution in [0.5, 0.6) is 5.75 Å². The van der Waals surface area contributed by atoms with Crippen LogP contribution in [0.3, 0.4) is 0 Å². The molecule has 142 valence electrons. The molecule has 0 N–H and O–H groups in total. The van der Waals surface area contributed by atoms with Crippen LogP contribution in [0.4, 0.5) is 11.4 Å². The van der Waals surface area contributed by atoms with Crippen LogP contribution in [0.25, 0.3) is 0 Å². The van der Waals surface area contributed by atoms with E-state index in [1.165, 1.54) is 26.2 Å². The van der Waals surface area contributed by atoms with Crippen molar-refractivity contribution >= 4 is 23.1 Å². The van der Waals surface area contributed by atoms with Gasteiger partial charge in [-0.2, -0.15) is 10.2 Å². The Morgan fingerprint density at radius 1 is 0.815 bits per heavy atom. The highest BCUT2D eigenvalue weighted by molar-refractivity contribution is 5.94. The molecule has 0 aliphatic carbocycles. The summed E-state index contributed by atoms with van der Waals surface area (Å²) in [6.45, 7) is 3.69. The molecule has 27 heavy (non-hydrogen) atoms. The van der Waals surface area contributed by atoms with Crippen LogP contribution in [0.1, 0.15) is 62.7 Å². The summed E-state index contributed by atoms with van der Waals surface area (Å²) in [5, 5.41) is 8.29. The van der Waals surface area contributed by atoms with E-state index < -0.39 is 0 Å². The van der Waals surface area contributed by atoms with Crippen LogP contribution in [0.15, 0.2) is 58.8 Å². The predicted molar refractivity (Wildman–Crippen MR) is 106 cm³/mol. The van der Waals surface area contributed by atoms with Gasteiger partial charge in [-0.1, -0.05) is 32.6 Å². The van der Waals surface area contributed by atoms with Crippen molar-refractivity contribution in [1.29, 1.82) is 0 Å². The zero-order chi connectivity index (χ0) is 19.5. The lowest BCUT2D eigenvalue weighted by atomic mass is 10.1. The number of benzene rings is 2. The topological polar surface area (TPSA) is 68.1 Å². The lowest BCUT2D eigenvalue weighted by molar-refractivity contribution is -0.134. The first-order valence-corrected chi connectivity index (χ1v) is 9.42. The zero-order valence-electron chi connectivity index (χ0n) is 16.0. The minimum absolute atomic E-state index is 0.0181. The molecule has 0 atom stereocenters. The van der Waals surface area contributed by atoms with E-state index in [1.807, 2.05) is 0 Å². The van der Waals surface area contributed by atoms with Crippen LogP contribution < -0.4 is 4.74 Å². The molecule has 2 aromatic carbocycles. The van der Waals surface area contributed by atoms with Crippen LogP contribution in [-0.2, 0) is 4.79 Å². The standard InChI is InChI=1S/C22H26N2O3/c1-3-4-5-6-7-8-22(26)27-21-15-13-20(14-16-21)24-23-19-11-9-18(10-12-19)17(2)25/h9-16H,3-8H2,1-2H3. The number of ether oxygens (including phenoxy) is 1. The fourth-order valence-electron chi connectivity index (χ4n) is 2.51. The van der Waals surface area contributed by atoms with Gasteiger partial charge in [0, 0.05) is 12.0 Å². The number of unbranched alkanes of at least 4 members (excludes halogenated alkanes) is 4. The maximum Gasteiger partial charge on any atom is 0.311 e. The number of azo groups is 1. The molecule has 0 aliphatic rings. The van der Waals surface area contributed by atoms with Gasteiger partial charge >= 0.3 is 5.97 Å². The molecule has 0 unspecified atom stereocenters. The summed E-state index contributed by atoms with van der Waals surface area (Å²) < 4.78 is 5.33. The number of hydrogen-bond acceptors (Lipinski definition) is 5. The number of hydrogen-bond donors (Lipinski definition) is 0. The van der Waals surface area contributed by atoms with Crippen LogP contribution in [0.2, 0.25) is 0 Å². The normalized spacial score (nSPS) is 10.9. The maximum atomic E-state index is 11.8. The monoisotopic (exact) mass is 366 g/mol. The van der Waals surface area contributed by atoms with Crippen LogP contribution in [0, 0.1) is 0 Å². The first-order chi connectivity index (χ1) is 13.1. The molecular weight excluding hydrogens is 340 g/mol. The second-order valence-electron chi connectivity index (χ2n) is 6.44.